The predicted molar refractivity (Wildman–Crippen MR) is 114 cm³/mol. The van der Waals surface area contributed by atoms with E-state index >= 15 is 0 Å². The number of halogens is 3. The van der Waals surface area contributed by atoms with Crippen molar-refractivity contribution < 1.29 is 23.0 Å². The molecule has 0 aliphatic carbocycles. The summed E-state index contributed by atoms with van der Waals surface area (Å²) in [6.45, 7) is 3.04. The second kappa shape index (κ2) is 9.78. The summed E-state index contributed by atoms with van der Waals surface area (Å²) in [4.78, 5) is 12.8. The maximum Gasteiger partial charge on any atom is 0.387 e. The van der Waals surface area contributed by atoms with Crippen molar-refractivity contribution in [3.05, 3.63) is 70.0 Å². The zero-order valence-electron chi connectivity index (χ0n) is 17.3. The lowest BCUT2D eigenvalue weighted by atomic mass is 10.1. The van der Waals surface area contributed by atoms with Crippen LogP contribution >= 0.6 is 11.6 Å². The summed E-state index contributed by atoms with van der Waals surface area (Å²) in [6.07, 6.45) is 0. The molecule has 9 heteroatoms. The minimum Gasteiger partial charge on any atom is -0.490 e. The molecule has 2 aromatic carbocycles. The Bertz CT molecular complexity index is 1090. The number of alkyl halides is 2. The van der Waals surface area contributed by atoms with Crippen LogP contribution in [0.25, 0.3) is 0 Å². The van der Waals surface area contributed by atoms with Crippen molar-refractivity contribution in [1.29, 1.82) is 0 Å². The van der Waals surface area contributed by atoms with Crippen LogP contribution < -0.4 is 14.8 Å². The first-order valence-corrected chi connectivity index (χ1v) is 9.98. The molecule has 6 nitrogen and oxygen atoms in total. The fraction of sp³-hybridized carbons (Fsp3) is 0.273. The van der Waals surface area contributed by atoms with Gasteiger partial charge in [0, 0.05) is 10.6 Å². The molecular weight excluding hydrogens is 428 g/mol. The van der Waals surface area contributed by atoms with Crippen molar-refractivity contribution in [2.45, 2.75) is 33.9 Å². The van der Waals surface area contributed by atoms with Gasteiger partial charge < -0.3 is 14.8 Å². The average molecular weight is 450 g/mol. The van der Waals surface area contributed by atoms with Crippen LogP contribution in [0.2, 0.25) is 5.02 Å². The highest BCUT2D eigenvalue weighted by molar-refractivity contribution is 6.31. The molecule has 0 radical (unpaired) electrons. The largest absolute Gasteiger partial charge is 0.490 e. The van der Waals surface area contributed by atoms with Crippen molar-refractivity contribution >= 4 is 23.2 Å². The van der Waals surface area contributed by atoms with Gasteiger partial charge in [0.25, 0.3) is 5.91 Å². The van der Waals surface area contributed by atoms with Crippen LogP contribution in [0.3, 0.4) is 0 Å². The number of nitrogens with zero attached hydrogens (tertiary/aromatic N) is 2. The molecule has 0 unspecified atom stereocenters. The Balaban J connectivity index is 1.83. The van der Waals surface area contributed by atoms with Gasteiger partial charge in [0.1, 0.15) is 0 Å². The number of carbonyl (C=O) groups excluding carboxylic acids is 1. The Hall–Kier alpha value is -3.13. The quantitative estimate of drug-likeness (QED) is 0.496. The molecule has 0 bridgehead atoms. The van der Waals surface area contributed by atoms with Crippen LogP contribution in [0.15, 0.2) is 42.5 Å². The van der Waals surface area contributed by atoms with E-state index in [1.165, 1.54) is 18.2 Å². The Morgan fingerprint density at radius 1 is 1.19 bits per heavy atom. The third-order valence-electron chi connectivity index (χ3n) is 4.62. The molecule has 0 aliphatic rings. The molecule has 1 N–H and O–H groups in total. The number of rotatable bonds is 8. The number of ether oxygens (including phenoxy) is 2. The normalized spacial score (nSPS) is 10.9. The van der Waals surface area contributed by atoms with E-state index in [4.69, 9.17) is 16.3 Å². The first-order chi connectivity index (χ1) is 14.8. The van der Waals surface area contributed by atoms with Crippen molar-refractivity contribution in [1.82, 2.24) is 9.78 Å². The summed E-state index contributed by atoms with van der Waals surface area (Å²) < 4.78 is 36.7. The molecule has 0 saturated carbocycles. The molecular formula is C22H22ClF2N3O3. The molecule has 3 rings (SSSR count). The third-order valence-corrected chi connectivity index (χ3v) is 4.99. The minimum atomic E-state index is -2.99. The molecule has 0 atom stereocenters. The number of benzene rings is 2. The molecule has 0 aliphatic heterocycles. The highest BCUT2D eigenvalue weighted by Gasteiger charge is 2.18. The van der Waals surface area contributed by atoms with Crippen LogP contribution in [-0.4, -0.2) is 28.9 Å². The van der Waals surface area contributed by atoms with E-state index in [1.807, 2.05) is 31.2 Å². The average Bonchev–Trinajstić information content (AvgIpc) is 2.98. The summed E-state index contributed by atoms with van der Waals surface area (Å²) >= 11 is 6.24. The number of amides is 1. The summed E-state index contributed by atoms with van der Waals surface area (Å²) in [6, 6.07) is 11.5. The van der Waals surface area contributed by atoms with E-state index in [0.717, 1.165) is 11.3 Å². The van der Waals surface area contributed by atoms with Crippen molar-refractivity contribution in [3.63, 3.8) is 0 Å². The SMILES string of the molecule is CCOc1cc(C(=O)Nc2c(C)nn(Cc3ccccc3Cl)c2C)ccc1OC(F)F. The Morgan fingerprint density at radius 3 is 2.61 bits per heavy atom. The van der Waals surface area contributed by atoms with Crippen LogP contribution in [0.5, 0.6) is 11.5 Å². The Morgan fingerprint density at radius 2 is 1.94 bits per heavy atom. The number of carbonyl (C=O) groups is 1. The highest BCUT2D eigenvalue weighted by Crippen LogP contribution is 2.31. The number of aryl methyl sites for hydroxylation is 1. The van der Waals surface area contributed by atoms with Crippen molar-refractivity contribution in [2.75, 3.05) is 11.9 Å². The van der Waals surface area contributed by atoms with Crippen molar-refractivity contribution in [2.24, 2.45) is 0 Å². The summed E-state index contributed by atoms with van der Waals surface area (Å²) in [5, 5.41) is 7.98. The molecule has 1 aromatic heterocycles. The fourth-order valence-electron chi connectivity index (χ4n) is 3.12. The van der Waals surface area contributed by atoms with Gasteiger partial charge in [-0.1, -0.05) is 29.8 Å². The second-order valence-corrected chi connectivity index (χ2v) is 7.13. The number of hydrogen-bond acceptors (Lipinski definition) is 4. The monoisotopic (exact) mass is 449 g/mol. The minimum absolute atomic E-state index is 0.0679. The number of anilines is 1. The topological polar surface area (TPSA) is 65.4 Å². The molecule has 164 valence electrons. The second-order valence-electron chi connectivity index (χ2n) is 6.72. The zero-order chi connectivity index (χ0) is 22.5. The lowest BCUT2D eigenvalue weighted by Gasteiger charge is -2.13. The molecule has 1 heterocycles. The maximum absolute atomic E-state index is 12.8. The maximum atomic E-state index is 12.8. The van der Waals surface area contributed by atoms with Gasteiger partial charge in [-0.25, -0.2) is 0 Å². The lowest BCUT2D eigenvalue weighted by Crippen LogP contribution is -2.14. The van der Waals surface area contributed by atoms with Gasteiger partial charge in [0.15, 0.2) is 11.5 Å². The molecule has 0 saturated heterocycles. The van der Waals surface area contributed by atoms with E-state index in [9.17, 15) is 13.6 Å². The van der Waals surface area contributed by atoms with Crippen LogP contribution in [0.1, 0.15) is 34.2 Å². The predicted octanol–water partition coefficient (Wildman–Crippen LogP) is 5.45. The number of hydrogen-bond donors (Lipinski definition) is 1. The standard InChI is InChI=1S/C22H22ClF2N3O3/c1-4-30-19-11-15(9-10-18(19)31-22(24)25)21(29)26-20-13(2)27-28(14(20)3)12-16-7-5-6-8-17(16)23/h5-11,22H,4,12H2,1-3H3,(H,26,29). The molecule has 0 spiro atoms. The summed E-state index contributed by atoms with van der Waals surface area (Å²) in [5.74, 6) is -0.486. The van der Waals surface area contributed by atoms with Gasteiger partial charge in [0.2, 0.25) is 0 Å². The summed E-state index contributed by atoms with van der Waals surface area (Å²) in [5.41, 5.74) is 3.11. The first kappa shape index (κ1) is 22.6. The van der Waals surface area contributed by atoms with Crippen LogP contribution in [0, 0.1) is 13.8 Å². The van der Waals surface area contributed by atoms with Crippen LogP contribution in [0.4, 0.5) is 14.5 Å². The van der Waals surface area contributed by atoms with Gasteiger partial charge >= 0.3 is 6.61 Å². The molecule has 31 heavy (non-hydrogen) atoms. The highest BCUT2D eigenvalue weighted by atomic mass is 35.5. The summed E-state index contributed by atoms with van der Waals surface area (Å²) in [7, 11) is 0. The first-order valence-electron chi connectivity index (χ1n) is 9.60. The van der Waals surface area contributed by atoms with Gasteiger partial charge in [-0.3, -0.25) is 9.48 Å². The van der Waals surface area contributed by atoms with Gasteiger partial charge in [-0.2, -0.15) is 13.9 Å². The van der Waals surface area contributed by atoms with E-state index < -0.39 is 12.5 Å². The van der Waals surface area contributed by atoms with Gasteiger partial charge in [0.05, 0.1) is 30.2 Å². The van der Waals surface area contributed by atoms with Gasteiger partial charge in [-0.05, 0) is 50.6 Å². The lowest BCUT2D eigenvalue weighted by molar-refractivity contribution is -0.0514. The number of aromatic nitrogens is 2. The number of nitrogens with one attached hydrogen (secondary N) is 1. The van der Waals surface area contributed by atoms with Crippen molar-refractivity contribution in [3.8, 4) is 11.5 Å². The zero-order valence-corrected chi connectivity index (χ0v) is 18.0. The van der Waals surface area contributed by atoms with E-state index in [1.54, 1.807) is 18.5 Å². The van der Waals surface area contributed by atoms with Crippen LogP contribution in [-0.2, 0) is 6.54 Å². The molecule has 1 amide bonds. The fourth-order valence-corrected chi connectivity index (χ4v) is 3.31. The Labute approximate surface area is 183 Å². The Kier molecular flexibility index (Phi) is 7.12. The third kappa shape index (κ3) is 5.32. The molecule has 3 aromatic rings. The van der Waals surface area contributed by atoms with Gasteiger partial charge in [-0.15, -0.1) is 0 Å². The smallest absolute Gasteiger partial charge is 0.387 e. The van der Waals surface area contributed by atoms with E-state index in [2.05, 4.69) is 15.2 Å². The van der Waals surface area contributed by atoms with E-state index in [0.29, 0.717) is 22.9 Å². The molecule has 0 fully saturated rings. The van der Waals surface area contributed by atoms with E-state index in [-0.39, 0.29) is 23.7 Å².